The van der Waals surface area contributed by atoms with Gasteiger partial charge in [-0.3, -0.25) is 57.5 Å². The van der Waals surface area contributed by atoms with Crippen molar-refractivity contribution < 1.29 is 85.0 Å². The lowest BCUT2D eigenvalue weighted by Crippen LogP contribution is -2.64. The number of rotatable bonds is 31. The van der Waals surface area contributed by atoms with E-state index < -0.39 is 169 Å². The summed E-state index contributed by atoms with van der Waals surface area (Å²) in [5.41, 5.74) is -2.52. The Morgan fingerprint density at radius 2 is 1.00 bits per heavy atom. The van der Waals surface area contributed by atoms with Gasteiger partial charge >= 0.3 is 12.2 Å². The van der Waals surface area contributed by atoms with Gasteiger partial charge in [0, 0.05) is 24.5 Å². The number of carbonyl (C=O) groups excluding carboxylic acids is 14. The highest BCUT2D eigenvalue weighted by molar-refractivity contribution is 7.88. The normalized spacial score (nSPS) is 24.1. The second kappa shape index (κ2) is 36.6. The van der Waals surface area contributed by atoms with Crippen LogP contribution in [0.25, 0.3) is 0 Å². The third-order valence-corrected chi connectivity index (χ3v) is 21.9. The first-order valence-corrected chi connectivity index (χ1v) is 39.0. The van der Waals surface area contributed by atoms with Crippen LogP contribution in [0, 0.1) is 57.7 Å². The molecular weight excluding hydrogens is 1350 g/mol. The first-order chi connectivity index (χ1) is 48.1. The van der Waals surface area contributed by atoms with E-state index >= 15 is 0 Å². The van der Waals surface area contributed by atoms with Crippen LogP contribution in [-0.2, 0) is 77.0 Å². The van der Waals surface area contributed by atoms with Gasteiger partial charge in [-0.05, 0) is 130 Å². The minimum absolute atomic E-state index is 0.00337. The SMILES string of the molecule is CCC[C@H](NC(=O)[C@@H]1[C@H]2CCC[C@H]2CN1C(=O)[C@@H](NC(=O)[C@@H](NC(=O)[C@H](CNC(=O)OC)NC(=O)OC)C(C)(C)C)C(C)(C)C)C(=O)C(=O)NC1CC1.CCC[C@H](NC(=O)[C@H]1C(C(=O)[C@@H](NC(=O)[C@@H](NC(=O)[C@@H](C)NS(C)(=O)=O)C2CCCCC2)C(C)(C)C)C[C@@H]2CCC[C@@H]21)C(=O)C(=O)NC1CC1. The van der Waals surface area contributed by atoms with Crippen molar-refractivity contribution in [2.45, 2.75) is 278 Å². The van der Waals surface area contributed by atoms with Crippen LogP contribution in [0.5, 0.6) is 0 Å². The quantitative estimate of drug-likeness (QED) is 0.0444. The minimum atomic E-state index is -3.68. The second-order valence-electron chi connectivity index (χ2n) is 32.8. The van der Waals surface area contributed by atoms with Crippen molar-refractivity contribution in [2.24, 2.45) is 57.7 Å². The Bertz CT molecular complexity index is 3220. The number of nitrogens with one attached hydrogen (secondary N) is 11. The van der Waals surface area contributed by atoms with E-state index in [1.54, 1.807) is 41.5 Å². The summed E-state index contributed by atoms with van der Waals surface area (Å²) in [6.45, 7) is 21.0. The van der Waals surface area contributed by atoms with Crippen molar-refractivity contribution in [3.63, 3.8) is 0 Å². The van der Waals surface area contributed by atoms with Gasteiger partial charge in [0.05, 0.1) is 57.1 Å². The number of ether oxygens (including phenoxy) is 2. The van der Waals surface area contributed by atoms with Crippen LogP contribution in [0.3, 0.4) is 0 Å². The number of sulfonamides is 1. The maximum atomic E-state index is 14.7. The predicted molar refractivity (Wildman–Crippen MR) is 380 cm³/mol. The van der Waals surface area contributed by atoms with E-state index in [0.717, 1.165) is 97.5 Å². The molecule has 11 amide bonds. The third-order valence-electron chi connectivity index (χ3n) is 21.1. The Balaban J connectivity index is 0.000000324. The van der Waals surface area contributed by atoms with Gasteiger partial charge in [-0.2, -0.15) is 0 Å². The standard InChI is InChI=1S/C36H59N7O10.C36H59N5O8S/c1-10-12-22(25(44)30(47)38-20-15-16-20)39-29(46)24-21-14-11-13-19(21)18-43(24)32(49)27(36(5,6)7)42-31(48)26(35(2,3)4)41-28(45)23(40-34(51)53-9)17-37-33(50)52-8;1-7-12-26(30(43)35(47)37-23-17-18-23)38-33(45)27-24-16-11-15-22(24)19-25(27)29(42)31(36(3,4)5)40-34(46)28(21-13-9-8-10-14-21)39-32(44)20(2)41-50(6,48)49/h19-24,26-27H,10-18H2,1-9H3,(H,37,50)(H,38,47)(H,39,46)(H,40,51)(H,41,45)(H,42,48);20-28,31,41H,7-19H2,1-6H3,(H,37,47)(H,38,45)(H,39,44)(H,40,46)/t19-,21-,22-,23-,24-,26+,27+;20-,22+,24+,25?,26+,27-,28+,31-/m01/s1. The van der Waals surface area contributed by atoms with Gasteiger partial charge < -0.3 is 67.5 Å². The summed E-state index contributed by atoms with van der Waals surface area (Å²) >= 11 is 0. The smallest absolute Gasteiger partial charge is 0.407 e. The molecule has 7 fully saturated rings. The summed E-state index contributed by atoms with van der Waals surface area (Å²) in [6.07, 6.45) is 13.8. The van der Waals surface area contributed by atoms with E-state index in [0.29, 0.717) is 44.9 Å². The maximum absolute atomic E-state index is 14.7. The van der Waals surface area contributed by atoms with Crippen LogP contribution in [0.15, 0.2) is 0 Å². The highest BCUT2D eigenvalue weighted by Crippen LogP contribution is 2.52. The molecule has 103 heavy (non-hydrogen) atoms. The average molecular weight is 1470 g/mol. The monoisotopic (exact) mass is 1470 g/mol. The highest BCUT2D eigenvalue weighted by Gasteiger charge is 2.56. The van der Waals surface area contributed by atoms with Crippen LogP contribution in [0.2, 0.25) is 0 Å². The molecule has 11 N–H and O–H groups in total. The summed E-state index contributed by atoms with van der Waals surface area (Å²) in [5, 5.41) is 27.0. The van der Waals surface area contributed by atoms with E-state index in [-0.39, 0.29) is 67.0 Å². The van der Waals surface area contributed by atoms with E-state index in [2.05, 4.69) is 67.4 Å². The number of amides is 11. The van der Waals surface area contributed by atoms with Crippen LogP contribution in [0.1, 0.15) is 212 Å². The highest BCUT2D eigenvalue weighted by atomic mass is 32.2. The van der Waals surface area contributed by atoms with E-state index in [9.17, 15) is 75.5 Å². The van der Waals surface area contributed by atoms with Crippen LogP contribution >= 0.6 is 0 Å². The molecule has 31 heteroatoms. The summed E-state index contributed by atoms with van der Waals surface area (Å²) in [5.74, 6) is -8.72. The number of hydrogen-bond acceptors (Lipinski definition) is 18. The van der Waals surface area contributed by atoms with Crippen LogP contribution in [-0.4, -0.2) is 196 Å². The summed E-state index contributed by atoms with van der Waals surface area (Å²) < 4.78 is 35.0. The van der Waals surface area contributed by atoms with Gasteiger partial charge in [0.1, 0.15) is 30.2 Å². The van der Waals surface area contributed by atoms with Crippen molar-refractivity contribution >= 4 is 92.7 Å². The Hall–Kier alpha value is -7.31. The van der Waals surface area contributed by atoms with E-state index in [1.165, 1.54) is 11.8 Å². The molecule has 0 aromatic carbocycles. The Kier molecular flexibility index (Phi) is 30.1. The summed E-state index contributed by atoms with van der Waals surface area (Å²) in [6, 6.07) is -9.77. The molecule has 7 aliphatic rings. The van der Waals surface area contributed by atoms with Crippen molar-refractivity contribution in [3.8, 4) is 0 Å². The Morgan fingerprint density at radius 1 is 0.505 bits per heavy atom. The molecule has 15 atom stereocenters. The average Bonchev–Trinajstić information content (AvgIpc) is 1.64. The fraction of sp³-hybridized carbons (Fsp3) is 0.806. The molecule has 1 unspecified atom stereocenters. The van der Waals surface area contributed by atoms with E-state index in [4.69, 9.17) is 0 Å². The number of carbonyl (C=O) groups is 14. The van der Waals surface area contributed by atoms with Gasteiger partial charge in [0.2, 0.25) is 62.9 Å². The third kappa shape index (κ3) is 23.8. The van der Waals surface area contributed by atoms with Gasteiger partial charge in [-0.1, -0.05) is 128 Å². The number of Topliss-reactive ketones (excluding diaryl/α,β-unsaturated/α-hetero) is 3. The van der Waals surface area contributed by atoms with Gasteiger partial charge in [0.15, 0.2) is 5.78 Å². The number of methoxy groups -OCH3 is 2. The maximum Gasteiger partial charge on any atom is 0.407 e. The number of likely N-dealkylation sites (tertiary alicyclic amines) is 1. The molecule has 6 saturated carbocycles. The number of fused-ring (bicyclic) bond motifs is 2. The van der Waals surface area contributed by atoms with Crippen molar-refractivity contribution in [3.05, 3.63) is 0 Å². The molecule has 6 aliphatic carbocycles. The second-order valence-corrected chi connectivity index (χ2v) is 34.6. The van der Waals surface area contributed by atoms with E-state index in [1.807, 2.05) is 34.6 Å². The van der Waals surface area contributed by atoms with Crippen LogP contribution in [0.4, 0.5) is 9.59 Å². The Labute approximate surface area is 607 Å². The molecule has 0 spiro atoms. The van der Waals surface area contributed by atoms with Gasteiger partial charge in [-0.15, -0.1) is 0 Å². The number of alkyl carbamates (subject to hydrolysis) is 2. The van der Waals surface area contributed by atoms with Crippen molar-refractivity contribution in [1.29, 1.82) is 0 Å². The molecule has 1 aliphatic heterocycles. The number of hydrogen-bond donors (Lipinski definition) is 11. The molecule has 0 aromatic heterocycles. The molecule has 1 heterocycles. The topological polar surface area (TPSA) is 427 Å². The molecule has 580 valence electrons. The molecule has 0 radical (unpaired) electrons. The molecule has 7 rings (SSSR count). The minimum Gasteiger partial charge on any atom is -0.453 e. The van der Waals surface area contributed by atoms with Crippen molar-refractivity contribution in [2.75, 3.05) is 33.6 Å². The number of nitrogens with zero attached hydrogens (tertiary/aromatic N) is 1. The van der Waals surface area contributed by atoms with Gasteiger partial charge in [-0.25, -0.2) is 22.7 Å². The van der Waals surface area contributed by atoms with Gasteiger partial charge in [0.25, 0.3) is 11.8 Å². The zero-order valence-electron chi connectivity index (χ0n) is 63.2. The summed E-state index contributed by atoms with van der Waals surface area (Å²) in [4.78, 5) is 189. The first kappa shape index (κ1) is 84.6. The van der Waals surface area contributed by atoms with Crippen molar-refractivity contribution in [1.82, 2.24) is 62.8 Å². The lowest BCUT2D eigenvalue weighted by atomic mass is 9.75. The molecule has 1 saturated heterocycles. The lowest BCUT2D eigenvalue weighted by molar-refractivity contribution is -0.146. The largest absolute Gasteiger partial charge is 0.453 e. The predicted octanol–water partition coefficient (Wildman–Crippen LogP) is 3.16. The lowest BCUT2D eigenvalue weighted by Gasteiger charge is -2.39. The van der Waals surface area contributed by atoms with Crippen LogP contribution < -0.4 is 57.9 Å². The molecular formula is C72H118N12O18S. The fourth-order valence-electron chi connectivity index (χ4n) is 15.4. The zero-order valence-corrected chi connectivity index (χ0v) is 64.0. The first-order valence-electron chi connectivity index (χ1n) is 37.1. The Morgan fingerprint density at radius 3 is 1.50 bits per heavy atom. The zero-order chi connectivity index (χ0) is 76.8. The molecule has 0 bridgehead atoms. The molecule has 30 nitrogen and oxygen atoms in total. The summed E-state index contributed by atoms with van der Waals surface area (Å²) in [7, 11) is -1.44. The molecule has 0 aromatic rings. The fourth-order valence-corrected chi connectivity index (χ4v) is 16.1. The number of ketones is 3.